The SMILES string of the molecule is C/C=C(/C=C(C)/C=C/C=C(C)/C=C/C1=C(C)CCCC1(C)C)Oc1ccc(COC(=O)CCC)cc1. The van der Waals surface area contributed by atoms with E-state index in [0.717, 1.165) is 29.1 Å². The average Bonchev–Trinajstić information content (AvgIpc) is 2.82. The zero-order valence-electron chi connectivity index (χ0n) is 23.3. The van der Waals surface area contributed by atoms with E-state index in [4.69, 9.17) is 9.47 Å². The minimum absolute atomic E-state index is 0.163. The lowest BCUT2D eigenvalue weighted by atomic mass is 9.72. The number of carbonyl (C=O) groups excluding carboxylic acids is 1. The Labute approximate surface area is 219 Å². The van der Waals surface area contributed by atoms with Crippen molar-refractivity contribution in [1.82, 2.24) is 0 Å². The highest BCUT2D eigenvalue weighted by molar-refractivity contribution is 5.69. The summed E-state index contributed by atoms with van der Waals surface area (Å²) in [4.78, 5) is 11.5. The molecule has 0 spiro atoms. The molecule has 0 saturated carbocycles. The molecule has 0 atom stereocenters. The van der Waals surface area contributed by atoms with Crippen molar-refractivity contribution in [3.63, 3.8) is 0 Å². The van der Waals surface area contributed by atoms with E-state index in [-0.39, 0.29) is 18.0 Å². The molecular formula is C33H44O3. The quantitative estimate of drug-likeness (QED) is 0.177. The van der Waals surface area contributed by atoms with Crippen LogP contribution < -0.4 is 4.74 Å². The number of rotatable bonds is 11. The topological polar surface area (TPSA) is 35.5 Å². The molecule has 3 nitrogen and oxygen atoms in total. The Kier molecular flexibility index (Phi) is 11.7. The Bertz CT molecular complexity index is 1060. The maximum atomic E-state index is 11.5. The lowest BCUT2D eigenvalue weighted by molar-refractivity contribution is -0.144. The molecule has 2 rings (SSSR count). The Balaban J connectivity index is 1.94. The molecule has 3 heteroatoms. The number of esters is 1. The van der Waals surface area contributed by atoms with Crippen molar-refractivity contribution in [2.24, 2.45) is 5.41 Å². The molecule has 1 aliphatic rings. The van der Waals surface area contributed by atoms with Gasteiger partial charge in [0.2, 0.25) is 0 Å². The van der Waals surface area contributed by atoms with Gasteiger partial charge in [0, 0.05) is 6.42 Å². The average molecular weight is 489 g/mol. The molecule has 0 aliphatic heterocycles. The van der Waals surface area contributed by atoms with E-state index < -0.39 is 0 Å². The summed E-state index contributed by atoms with van der Waals surface area (Å²) in [7, 11) is 0. The zero-order valence-corrected chi connectivity index (χ0v) is 23.3. The largest absolute Gasteiger partial charge is 0.461 e. The number of benzene rings is 1. The number of carbonyl (C=O) groups is 1. The third kappa shape index (κ3) is 9.89. The van der Waals surface area contributed by atoms with Gasteiger partial charge in [0.25, 0.3) is 0 Å². The van der Waals surface area contributed by atoms with Crippen LogP contribution in [-0.2, 0) is 16.1 Å². The molecule has 1 aliphatic carbocycles. The molecular weight excluding hydrogens is 444 g/mol. The number of allylic oxidation sites excluding steroid dienone is 11. The molecule has 1 aromatic rings. The van der Waals surface area contributed by atoms with Crippen molar-refractivity contribution in [3.8, 4) is 5.75 Å². The van der Waals surface area contributed by atoms with Crippen molar-refractivity contribution in [3.05, 3.63) is 100 Å². The summed E-state index contributed by atoms with van der Waals surface area (Å²) in [6.07, 6.45) is 19.8. The molecule has 0 unspecified atom stereocenters. The van der Waals surface area contributed by atoms with Crippen LogP contribution in [0.15, 0.2) is 94.8 Å². The first kappa shape index (κ1) is 29.2. The Morgan fingerprint density at radius 3 is 2.44 bits per heavy atom. The summed E-state index contributed by atoms with van der Waals surface area (Å²) >= 11 is 0. The van der Waals surface area contributed by atoms with Gasteiger partial charge < -0.3 is 9.47 Å². The molecule has 1 aromatic carbocycles. The van der Waals surface area contributed by atoms with Gasteiger partial charge in [0.15, 0.2) is 0 Å². The second-order valence-corrected chi connectivity index (χ2v) is 10.3. The van der Waals surface area contributed by atoms with Gasteiger partial charge in [-0.15, -0.1) is 0 Å². The van der Waals surface area contributed by atoms with Crippen LogP contribution in [0.25, 0.3) is 0 Å². The lowest BCUT2D eigenvalue weighted by Crippen LogP contribution is -2.19. The first-order valence-corrected chi connectivity index (χ1v) is 13.1. The Morgan fingerprint density at radius 1 is 1.08 bits per heavy atom. The van der Waals surface area contributed by atoms with E-state index in [0.29, 0.717) is 6.42 Å². The van der Waals surface area contributed by atoms with E-state index in [1.807, 2.05) is 50.3 Å². The monoisotopic (exact) mass is 488 g/mol. The van der Waals surface area contributed by atoms with E-state index in [1.54, 1.807) is 0 Å². The number of ether oxygens (including phenoxy) is 2. The van der Waals surface area contributed by atoms with Crippen LogP contribution in [-0.4, -0.2) is 5.97 Å². The molecule has 0 heterocycles. The van der Waals surface area contributed by atoms with Crippen molar-refractivity contribution in [1.29, 1.82) is 0 Å². The lowest BCUT2D eigenvalue weighted by Gasteiger charge is -2.32. The third-order valence-corrected chi connectivity index (χ3v) is 6.44. The van der Waals surface area contributed by atoms with Gasteiger partial charge in [0.05, 0.1) is 0 Å². The van der Waals surface area contributed by atoms with Gasteiger partial charge >= 0.3 is 5.97 Å². The van der Waals surface area contributed by atoms with Crippen LogP contribution in [0.2, 0.25) is 0 Å². The first-order valence-electron chi connectivity index (χ1n) is 13.1. The van der Waals surface area contributed by atoms with Crippen LogP contribution in [0, 0.1) is 5.41 Å². The maximum Gasteiger partial charge on any atom is 0.306 e. The van der Waals surface area contributed by atoms with Gasteiger partial charge in [-0.25, -0.2) is 0 Å². The van der Waals surface area contributed by atoms with Crippen LogP contribution >= 0.6 is 0 Å². The highest BCUT2D eigenvalue weighted by Gasteiger charge is 2.26. The van der Waals surface area contributed by atoms with Crippen LogP contribution in [0.1, 0.15) is 86.1 Å². The Hall–Kier alpha value is -3.07. The van der Waals surface area contributed by atoms with Crippen molar-refractivity contribution in [2.75, 3.05) is 0 Å². The molecule has 0 saturated heterocycles. The molecule has 0 aromatic heterocycles. The molecule has 36 heavy (non-hydrogen) atoms. The molecule has 0 radical (unpaired) electrons. The van der Waals surface area contributed by atoms with E-state index >= 15 is 0 Å². The summed E-state index contributed by atoms with van der Waals surface area (Å²) in [5.41, 5.74) is 6.54. The predicted octanol–water partition coefficient (Wildman–Crippen LogP) is 9.34. The fourth-order valence-electron chi connectivity index (χ4n) is 4.31. The first-order chi connectivity index (χ1) is 17.1. The van der Waals surface area contributed by atoms with E-state index in [9.17, 15) is 4.79 Å². The van der Waals surface area contributed by atoms with E-state index in [2.05, 4.69) is 65.0 Å². The van der Waals surface area contributed by atoms with Gasteiger partial charge in [-0.1, -0.05) is 74.4 Å². The van der Waals surface area contributed by atoms with Gasteiger partial charge in [-0.2, -0.15) is 0 Å². The van der Waals surface area contributed by atoms with Gasteiger partial charge in [-0.05, 0) is 99.8 Å². The summed E-state index contributed by atoms with van der Waals surface area (Å²) in [6, 6.07) is 7.64. The highest BCUT2D eigenvalue weighted by Crippen LogP contribution is 2.40. The third-order valence-electron chi connectivity index (χ3n) is 6.44. The molecule has 0 amide bonds. The second-order valence-electron chi connectivity index (χ2n) is 10.3. The minimum atomic E-state index is -0.163. The maximum absolute atomic E-state index is 11.5. The Morgan fingerprint density at radius 2 is 1.81 bits per heavy atom. The van der Waals surface area contributed by atoms with Gasteiger partial charge in [0.1, 0.15) is 18.1 Å². The molecule has 0 fully saturated rings. The van der Waals surface area contributed by atoms with Crippen LogP contribution in [0.3, 0.4) is 0 Å². The zero-order chi connectivity index (χ0) is 26.6. The summed E-state index contributed by atoms with van der Waals surface area (Å²) < 4.78 is 11.3. The van der Waals surface area contributed by atoms with Crippen molar-refractivity contribution >= 4 is 5.97 Å². The van der Waals surface area contributed by atoms with Crippen LogP contribution in [0.4, 0.5) is 0 Å². The minimum Gasteiger partial charge on any atom is -0.461 e. The number of hydrogen-bond acceptors (Lipinski definition) is 3. The second kappa shape index (κ2) is 14.5. The van der Waals surface area contributed by atoms with E-state index in [1.165, 1.54) is 36.0 Å². The van der Waals surface area contributed by atoms with Crippen LogP contribution in [0.5, 0.6) is 5.75 Å². The van der Waals surface area contributed by atoms with Crippen molar-refractivity contribution in [2.45, 2.75) is 87.2 Å². The summed E-state index contributed by atoms with van der Waals surface area (Å²) in [5, 5.41) is 0. The predicted molar refractivity (Wildman–Crippen MR) is 152 cm³/mol. The smallest absolute Gasteiger partial charge is 0.306 e. The van der Waals surface area contributed by atoms with Crippen molar-refractivity contribution < 1.29 is 14.3 Å². The van der Waals surface area contributed by atoms with Gasteiger partial charge in [-0.3, -0.25) is 4.79 Å². The standard InChI is InChI=1S/C33H44O3/c1-8-12-32(34)35-24-28-17-19-30(20-18-28)36-29(9-2)23-26(4)14-10-13-25(3)16-21-31-27(5)15-11-22-33(31,6)7/h9-10,13-14,16-21,23H,8,11-12,15,22,24H2,1-7H3/b14-10+,21-16+,25-13+,26-23+,29-9-. The molecule has 0 bridgehead atoms. The summed E-state index contributed by atoms with van der Waals surface area (Å²) in [5.74, 6) is 1.36. The fourth-order valence-corrected chi connectivity index (χ4v) is 4.31. The number of hydrogen-bond donors (Lipinski definition) is 0. The molecule has 194 valence electrons. The fraction of sp³-hybridized carbons (Fsp3) is 0.424. The summed E-state index contributed by atoms with van der Waals surface area (Å²) in [6.45, 7) is 15.4. The highest BCUT2D eigenvalue weighted by atomic mass is 16.5. The molecule has 0 N–H and O–H groups in total. The normalized spacial score (nSPS) is 17.2.